The molecule has 196 valence electrons. The van der Waals surface area contributed by atoms with Crippen LogP contribution in [0.4, 0.5) is 0 Å². The predicted octanol–water partition coefficient (Wildman–Crippen LogP) is 9.63. The van der Waals surface area contributed by atoms with Crippen molar-refractivity contribution in [1.82, 2.24) is 14.5 Å². The van der Waals surface area contributed by atoms with E-state index in [2.05, 4.69) is 138 Å². The van der Waals surface area contributed by atoms with Gasteiger partial charge in [-0.2, -0.15) is 0 Å². The molecule has 0 spiro atoms. The predicted molar refractivity (Wildman–Crippen MR) is 173 cm³/mol. The maximum absolute atomic E-state index is 5.28. The summed E-state index contributed by atoms with van der Waals surface area (Å²) in [5.74, 6) is 0.686. The first-order valence-electron chi connectivity index (χ1n) is 14.4. The maximum atomic E-state index is 5.28. The van der Waals surface area contributed by atoms with E-state index in [-0.39, 0.29) is 0 Å². The molecular weight excluding hydrogens is 510 g/mol. The van der Waals surface area contributed by atoms with E-state index in [0.717, 1.165) is 39.6 Å². The van der Waals surface area contributed by atoms with Gasteiger partial charge in [0.25, 0.3) is 0 Å². The van der Waals surface area contributed by atoms with E-state index >= 15 is 0 Å². The van der Waals surface area contributed by atoms with Gasteiger partial charge >= 0.3 is 0 Å². The molecule has 0 saturated carbocycles. The van der Waals surface area contributed by atoms with Gasteiger partial charge in [-0.05, 0) is 70.1 Å². The quantitative estimate of drug-likeness (QED) is 0.225. The van der Waals surface area contributed by atoms with Crippen LogP contribution < -0.4 is 0 Å². The van der Waals surface area contributed by atoms with E-state index < -0.39 is 0 Å². The fraction of sp³-hybridized carbons (Fsp3) is 0.0256. The van der Waals surface area contributed by atoms with E-state index in [1.54, 1.807) is 0 Å². The van der Waals surface area contributed by atoms with Gasteiger partial charge in [0.05, 0.1) is 22.2 Å². The molecule has 1 aliphatic rings. The van der Waals surface area contributed by atoms with E-state index in [1.807, 2.05) is 6.07 Å². The van der Waals surface area contributed by atoms with Crippen LogP contribution in [0.25, 0.3) is 72.2 Å². The van der Waals surface area contributed by atoms with Crippen LogP contribution in [0.5, 0.6) is 0 Å². The highest BCUT2D eigenvalue weighted by Gasteiger charge is 2.23. The summed E-state index contributed by atoms with van der Waals surface area (Å²) in [4.78, 5) is 10.5. The minimum atomic E-state index is 0.686. The van der Waals surface area contributed by atoms with Gasteiger partial charge in [-0.15, -0.1) is 0 Å². The summed E-state index contributed by atoms with van der Waals surface area (Å²) < 4.78 is 2.26. The molecule has 0 atom stereocenters. The Kier molecular flexibility index (Phi) is 4.96. The lowest BCUT2D eigenvalue weighted by atomic mass is 10.0. The average Bonchev–Trinajstić information content (AvgIpc) is 3.58. The number of aromatic nitrogens is 3. The van der Waals surface area contributed by atoms with Gasteiger partial charge in [-0.1, -0.05) is 109 Å². The Bertz CT molecular complexity index is 2320. The molecule has 6 aromatic carbocycles. The van der Waals surface area contributed by atoms with Gasteiger partial charge in [-0.3, -0.25) is 4.57 Å². The van der Waals surface area contributed by atoms with Crippen LogP contribution in [0.2, 0.25) is 0 Å². The highest BCUT2D eigenvalue weighted by Crippen LogP contribution is 2.43. The number of rotatable bonds is 3. The highest BCUT2D eigenvalue weighted by molar-refractivity contribution is 6.12. The summed E-state index contributed by atoms with van der Waals surface area (Å²) in [5.41, 5.74) is 13.0. The van der Waals surface area contributed by atoms with Crippen LogP contribution >= 0.6 is 0 Å². The Morgan fingerprint density at radius 1 is 0.452 bits per heavy atom. The number of benzene rings is 6. The molecule has 9 rings (SSSR count). The lowest BCUT2D eigenvalue weighted by molar-refractivity contribution is 1.01. The molecular formula is C39H25N3. The topological polar surface area (TPSA) is 30.7 Å². The Balaban J connectivity index is 1.38. The van der Waals surface area contributed by atoms with Crippen LogP contribution in [0, 0.1) is 0 Å². The van der Waals surface area contributed by atoms with Crippen molar-refractivity contribution in [2.75, 3.05) is 0 Å². The lowest BCUT2D eigenvalue weighted by Gasteiger charge is -2.12. The molecule has 1 aliphatic carbocycles. The summed E-state index contributed by atoms with van der Waals surface area (Å²) in [5, 5.41) is 3.49. The van der Waals surface area contributed by atoms with Crippen molar-refractivity contribution in [2.24, 2.45) is 0 Å². The Hall–Kier alpha value is -5.54. The molecule has 0 aliphatic heterocycles. The van der Waals surface area contributed by atoms with E-state index in [4.69, 9.17) is 9.97 Å². The van der Waals surface area contributed by atoms with Crippen molar-refractivity contribution >= 4 is 32.7 Å². The van der Waals surface area contributed by atoms with Crippen LogP contribution in [0.15, 0.2) is 140 Å². The van der Waals surface area contributed by atoms with Crippen molar-refractivity contribution < 1.29 is 0 Å². The van der Waals surface area contributed by atoms with Crippen molar-refractivity contribution in [3.05, 3.63) is 151 Å². The molecule has 0 unspecified atom stereocenters. The molecule has 3 heteroatoms. The number of hydrogen-bond donors (Lipinski definition) is 0. The van der Waals surface area contributed by atoms with Crippen LogP contribution in [0.3, 0.4) is 0 Å². The standard InChI is InChI=1S/C39H25N3/c1-3-11-25(12-4-1)27-19-20-36-33(22-27)34-23-29-21-28-15-7-8-16-30(28)32(29)24-37(34)42(36)39-40-35-18-10-9-17-31(35)38(41-39)26-13-5-2-6-14-26/h1-20,22-24H,21H2. The van der Waals surface area contributed by atoms with Crippen molar-refractivity contribution in [3.63, 3.8) is 0 Å². The molecule has 2 heterocycles. The van der Waals surface area contributed by atoms with Gasteiger partial charge in [0.2, 0.25) is 5.95 Å². The summed E-state index contributed by atoms with van der Waals surface area (Å²) in [6.45, 7) is 0. The first kappa shape index (κ1) is 23.2. The smallest absolute Gasteiger partial charge is 0.235 e. The van der Waals surface area contributed by atoms with E-state index in [9.17, 15) is 0 Å². The molecule has 8 aromatic rings. The Labute approximate surface area is 243 Å². The Morgan fingerprint density at radius 2 is 1.17 bits per heavy atom. The fourth-order valence-corrected chi connectivity index (χ4v) is 6.66. The summed E-state index contributed by atoms with van der Waals surface area (Å²) in [6.07, 6.45) is 0.955. The van der Waals surface area contributed by atoms with Gasteiger partial charge < -0.3 is 0 Å². The summed E-state index contributed by atoms with van der Waals surface area (Å²) >= 11 is 0. The van der Waals surface area contributed by atoms with Crippen LogP contribution in [-0.2, 0) is 6.42 Å². The summed E-state index contributed by atoms with van der Waals surface area (Å²) in [6, 6.07) is 49.7. The van der Waals surface area contributed by atoms with Gasteiger partial charge in [0.1, 0.15) is 0 Å². The van der Waals surface area contributed by atoms with Gasteiger partial charge in [-0.25, -0.2) is 9.97 Å². The number of para-hydroxylation sites is 1. The SMILES string of the molecule is c1ccc(-c2ccc3c(c2)c2cc4c(cc2n3-c2nc(-c3ccccc3)c3ccccc3n2)-c2ccccc2C4)cc1. The van der Waals surface area contributed by atoms with Crippen molar-refractivity contribution in [2.45, 2.75) is 6.42 Å². The third-order valence-corrected chi connectivity index (χ3v) is 8.62. The molecule has 0 saturated heterocycles. The minimum absolute atomic E-state index is 0.686. The molecule has 0 N–H and O–H groups in total. The van der Waals surface area contributed by atoms with Gasteiger partial charge in [0, 0.05) is 21.7 Å². The van der Waals surface area contributed by atoms with E-state index in [0.29, 0.717) is 5.95 Å². The molecule has 42 heavy (non-hydrogen) atoms. The van der Waals surface area contributed by atoms with Crippen LogP contribution in [0.1, 0.15) is 11.1 Å². The third kappa shape index (κ3) is 3.47. The molecule has 0 amide bonds. The number of nitrogens with zero attached hydrogens (tertiary/aromatic N) is 3. The molecule has 3 nitrogen and oxygen atoms in total. The largest absolute Gasteiger partial charge is 0.278 e. The van der Waals surface area contributed by atoms with E-state index in [1.165, 1.54) is 44.2 Å². The maximum Gasteiger partial charge on any atom is 0.235 e. The third-order valence-electron chi connectivity index (χ3n) is 8.62. The molecule has 0 bridgehead atoms. The second-order valence-electron chi connectivity index (χ2n) is 11.0. The normalized spacial score (nSPS) is 12.2. The van der Waals surface area contributed by atoms with Crippen molar-refractivity contribution in [1.29, 1.82) is 0 Å². The molecule has 0 radical (unpaired) electrons. The lowest BCUT2D eigenvalue weighted by Crippen LogP contribution is -2.03. The fourth-order valence-electron chi connectivity index (χ4n) is 6.66. The number of hydrogen-bond acceptors (Lipinski definition) is 2. The second-order valence-corrected chi connectivity index (χ2v) is 11.0. The zero-order valence-electron chi connectivity index (χ0n) is 22.8. The monoisotopic (exact) mass is 535 g/mol. The zero-order chi connectivity index (χ0) is 27.6. The zero-order valence-corrected chi connectivity index (χ0v) is 22.8. The minimum Gasteiger partial charge on any atom is -0.278 e. The second kappa shape index (κ2) is 8.98. The average molecular weight is 536 g/mol. The molecule has 0 fully saturated rings. The highest BCUT2D eigenvalue weighted by atomic mass is 15.2. The summed E-state index contributed by atoms with van der Waals surface area (Å²) in [7, 11) is 0. The Morgan fingerprint density at radius 3 is 2.02 bits per heavy atom. The van der Waals surface area contributed by atoms with Crippen molar-refractivity contribution in [3.8, 4) is 39.5 Å². The molecule has 2 aromatic heterocycles. The van der Waals surface area contributed by atoms with Gasteiger partial charge in [0.15, 0.2) is 0 Å². The number of fused-ring (bicyclic) bond motifs is 7. The van der Waals surface area contributed by atoms with Crippen LogP contribution in [-0.4, -0.2) is 14.5 Å². The first-order valence-corrected chi connectivity index (χ1v) is 14.4. The first-order chi connectivity index (χ1) is 20.8.